The monoisotopic (exact) mass is 388 g/mol. The van der Waals surface area contributed by atoms with Crippen molar-refractivity contribution in [1.29, 1.82) is 0 Å². The molecular formula is C23H17ClN2O2. The number of fused-ring (bicyclic) bond motifs is 1. The van der Waals surface area contributed by atoms with Gasteiger partial charge in [-0.3, -0.25) is 10.1 Å². The van der Waals surface area contributed by atoms with Crippen molar-refractivity contribution in [1.82, 2.24) is 4.57 Å². The van der Waals surface area contributed by atoms with Crippen LogP contribution in [0.3, 0.4) is 0 Å². The fraction of sp³-hybridized carbons (Fsp3) is 0.0435. The van der Waals surface area contributed by atoms with Gasteiger partial charge in [0.2, 0.25) is 6.20 Å². The number of benzene rings is 3. The maximum atomic E-state index is 11.0. The Balaban J connectivity index is 2.16. The minimum Gasteiger partial charge on any atom is -0.343 e. The normalized spacial score (nSPS) is 11.4. The summed E-state index contributed by atoms with van der Waals surface area (Å²) in [5.74, 6) is 0. The van der Waals surface area contributed by atoms with E-state index in [1.807, 2.05) is 84.4 Å². The number of rotatable bonds is 4. The Morgan fingerprint density at radius 2 is 1.57 bits per heavy atom. The smallest absolute Gasteiger partial charge is 0.236 e. The molecule has 1 heterocycles. The van der Waals surface area contributed by atoms with Crippen LogP contribution in [-0.4, -0.2) is 9.49 Å². The summed E-state index contributed by atoms with van der Waals surface area (Å²) in [5, 5.41) is 12.6. The molecule has 0 radical (unpaired) electrons. The maximum absolute atomic E-state index is 11.0. The first-order valence-corrected chi connectivity index (χ1v) is 9.18. The molecule has 0 amide bonds. The van der Waals surface area contributed by atoms with E-state index in [9.17, 15) is 10.1 Å². The molecule has 0 unspecified atom stereocenters. The van der Waals surface area contributed by atoms with E-state index in [1.165, 1.54) is 0 Å². The first-order chi connectivity index (χ1) is 13.6. The van der Waals surface area contributed by atoms with E-state index in [-0.39, 0.29) is 0 Å². The van der Waals surface area contributed by atoms with Gasteiger partial charge in [0, 0.05) is 29.1 Å². The van der Waals surface area contributed by atoms with E-state index in [0.717, 1.165) is 45.1 Å². The maximum Gasteiger partial charge on any atom is 0.236 e. The third-order valence-corrected chi connectivity index (χ3v) is 5.03. The number of halogens is 1. The van der Waals surface area contributed by atoms with Crippen LogP contribution in [-0.2, 0) is 7.05 Å². The molecule has 0 N–H and O–H groups in total. The standard InChI is InChI=1S/C23H17ClN2O2/c1-25-20(12-13-26(27)28)22(17-10-6-3-7-11-17)23-19(14-18(24)15-21(23)25)16-8-4-2-5-9-16/h2-15H,1H3. The SMILES string of the molecule is Cn1c(C=C[N+](=O)[O-])c(-c2ccccc2)c2c(-c3ccccc3)cc(Cl)cc21. The minimum absolute atomic E-state index is 0.447. The van der Waals surface area contributed by atoms with Gasteiger partial charge >= 0.3 is 0 Å². The highest BCUT2D eigenvalue weighted by atomic mass is 35.5. The highest BCUT2D eigenvalue weighted by Gasteiger charge is 2.20. The lowest BCUT2D eigenvalue weighted by atomic mass is 9.94. The second kappa shape index (κ2) is 7.33. The van der Waals surface area contributed by atoms with E-state index in [0.29, 0.717) is 5.02 Å². The van der Waals surface area contributed by atoms with Crippen LogP contribution in [0.25, 0.3) is 39.2 Å². The molecule has 0 bridgehead atoms. The summed E-state index contributed by atoms with van der Waals surface area (Å²) in [7, 11) is 1.90. The zero-order chi connectivity index (χ0) is 19.7. The lowest BCUT2D eigenvalue weighted by Gasteiger charge is -2.09. The minimum atomic E-state index is -0.447. The molecule has 0 saturated heterocycles. The molecule has 0 spiro atoms. The van der Waals surface area contributed by atoms with Crippen molar-refractivity contribution in [3.63, 3.8) is 0 Å². The number of nitrogens with zero attached hydrogens (tertiary/aromatic N) is 2. The number of nitro groups is 1. The van der Waals surface area contributed by atoms with Gasteiger partial charge in [-0.25, -0.2) is 0 Å². The van der Waals surface area contributed by atoms with E-state index >= 15 is 0 Å². The summed E-state index contributed by atoms with van der Waals surface area (Å²) in [6.45, 7) is 0. The Morgan fingerprint density at radius 1 is 0.964 bits per heavy atom. The average molecular weight is 389 g/mol. The van der Waals surface area contributed by atoms with Crippen LogP contribution in [0.2, 0.25) is 5.02 Å². The molecule has 1 aromatic heterocycles. The largest absolute Gasteiger partial charge is 0.343 e. The van der Waals surface area contributed by atoms with E-state index in [2.05, 4.69) is 0 Å². The molecule has 4 nitrogen and oxygen atoms in total. The summed E-state index contributed by atoms with van der Waals surface area (Å²) in [4.78, 5) is 10.5. The van der Waals surface area contributed by atoms with Crippen molar-refractivity contribution < 1.29 is 4.92 Å². The Kier molecular flexibility index (Phi) is 4.72. The topological polar surface area (TPSA) is 48.1 Å². The van der Waals surface area contributed by atoms with Crippen LogP contribution in [0.4, 0.5) is 0 Å². The molecule has 0 aliphatic rings. The molecule has 0 fully saturated rings. The summed E-state index contributed by atoms with van der Waals surface area (Å²) >= 11 is 6.44. The van der Waals surface area contributed by atoms with E-state index in [4.69, 9.17) is 11.6 Å². The van der Waals surface area contributed by atoms with Crippen molar-refractivity contribution >= 4 is 28.6 Å². The number of hydrogen-bond donors (Lipinski definition) is 0. The fourth-order valence-corrected chi connectivity index (χ4v) is 3.83. The lowest BCUT2D eigenvalue weighted by molar-refractivity contribution is -0.401. The molecule has 0 atom stereocenters. The number of aromatic nitrogens is 1. The fourth-order valence-electron chi connectivity index (χ4n) is 3.61. The Bertz CT molecular complexity index is 1200. The van der Waals surface area contributed by atoms with Gasteiger partial charge in [-0.15, -0.1) is 0 Å². The van der Waals surface area contributed by atoms with Crippen molar-refractivity contribution in [2.24, 2.45) is 7.05 Å². The van der Waals surface area contributed by atoms with Gasteiger partial charge in [0.05, 0.1) is 16.1 Å². The third-order valence-electron chi connectivity index (χ3n) is 4.81. The molecule has 4 aromatic rings. The van der Waals surface area contributed by atoms with Gasteiger partial charge in [-0.2, -0.15) is 0 Å². The van der Waals surface area contributed by atoms with Crippen LogP contribution >= 0.6 is 11.6 Å². The van der Waals surface area contributed by atoms with Crippen molar-refractivity contribution in [3.8, 4) is 22.3 Å². The summed E-state index contributed by atoms with van der Waals surface area (Å²) < 4.78 is 1.95. The third kappa shape index (κ3) is 3.19. The highest BCUT2D eigenvalue weighted by molar-refractivity contribution is 6.32. The predicted octanol–water partition coefficient (Wildman–Crippen LogP) is 6.41. The first kappa shape index (κ1) is 18.0. The molecule has 0 saturated carbocycles. The Labute approximate surface area is 167 Å². The van der Waals surface area contributed by atoms with E-state index < -0.39 is 4.92 Å². The second-order valence-electron chi connectivity index (χ2n) is 6.50. The molecule has 3 aromatic carbocycles. The zero-order valence-electron chi connectivity index (χ0n) is 15.2. The van der Waals surface area contributed by atoms with Gasteiger partial charge in [0.15, 0.2) is 0 Å². The van der Waals surface area contributed by atoms with Gasteiger partial charge in [0.25, 0.3) is 0 Å². The van der Waals surface area contributed by atoms with Gasteiger partial charge < -0.3 is 4.57 Å². The molecule has 0 aliphatic heterocycles. The van der Waals surface area contributed by atoms with Gasteiger partial charge in [0.1, 0.15) is 0 Å². The zero-order valence-corrected chi connectivity index (χ0v) is 15.9. The van der Waals surface area contributed by atoms with Crippen molar-refractivity contribution in [2.75, 3.05) is 0 Å². The first-order valence-electron chi connectivity index (χ1n) is 8.80. The Morgan fingerprint density at radius 3 is 2.18 bits per heavy atom. The molecular weight excluding hydrogens is 372 g/mol. The van der Waals surface area contributed by atoms with E-state index in [1.54, 1.807) is 6.08 Å². The average Bonchev–Trinajstić information content (AvgIpc) is 2.99. The summed E-state index contributed by atoms with van der Waals surface area (Å²) in [5.41, 5.74) is 5.67. The number of hydrogen-bond acceptors (Lipinski definition) is 2. The van der Waals surface area contributed by atoms with Crippen LogP contribution in [0.15, 0.2) is 79.0 Å². The van der Waals surface area contributed by atoms with Crippen molar-refractivity contribution in [3.05, 3.63) is 99.8 Å². The van der Waals surface area contributed by atoms with Gasteiger partial charge in [-0.1, -0.05) is 72.3 Å². The van der Waals surface area contributed by atoms with Crippen LogP contribution in [0, 0.1) is 10.1 Å². The van der Waals surface area contributed by atoms with Gasteiger partial charge in [-0.05, 0) is 28.8 Å². The summed E-state index contributed by atoms with van der Waals surface area (Å²) in [6.07, 6.45) is 2.52. The van der Waals surface area contributed by atoms with Crippen LogP contribution in [0.5, 0.6) is 0 Å². The molecule has 28 heavy (non-hydrogen) atoms. The quantitative estimate of drug-likeness (QED) is 0.299. The Hall–Kier alpha value is -3.37. The molecule has 4 rings (SSSR count). The van der Waals surface area contributed by atoms with Crippen molar-refractivity contribution in [2.45, 2.75) is 0 Å². The highest BCUT2D eigenvalue weighted by Crippen LogP contribution is 2.42. The predicted molar refractivity (Wildman–Crippen MR) is 115 cm³/mol. The molecule has 138 valence electrons. The molecule has 0 aliphatic carbocycles. The molecule has 5 heteroatoms. The van der Waals surface area contributed by atoms with Crippen LogP contribution < -0.4 is 0 Å². The number of aryl methyl sites for hydroxylation is 1. The second-order valence-corrected chi connectivity index (χ2v) is 6.94. The van der Waals surface area contributed by atoms with Crippen LogP contribution in [0.1, 0.15) is 5.69 Å². The lowest BCUT2D eigenvalue weighted by Crippen LogP contribution is -1.93. The summed E-state index contributed by atoms with van der Waals surface area (Å²) in [6, 6.07) is 23.8.